The van der Waals surface area contributed by atoms with E-state index >= 15 is 0 Å². The second-order valence-electron chi connectivity index (χ2n) is 13.7. The Labute approximate surface area is 298 Å². The molecule has 252 valence electrons. The molecule has 3 heterocycles. The molecule has 9 rings (SSSR count). The van der Waals surface area contributed by atoms with Gasteiger partial charge >= 0.3 is 0 Å². The number of hydrogen-bond donors (Lipinski definition) is 0. The predicted molar refractivity (Wildman–Crippen MR) is 212 cm³/mol. The van der Waals surface area contributed by atoms with E-state index in [1.54, 1.807) is 0 Å². The molecule has 0 aromatic heterocycles. The number of anilines is 8. The number of nitrogens with zero attached hydrogens (tertiary/aromatic N) is 3. The van der Waals surface area contributed by atoms with Crippen molar-refractivity contribution < 1.29 is 8.42 Å². The van der Waals surface area contributed by atoms with E-state index in [0.717, 1.165) is 34.1 Å². The van der Waals surface area contributed by atoms with Crippen molar-refractivity contribution in [2.45, 2.75) is 36.3 Å². The number of fused-ring (bicyclic) bond motifs is 6. The zero-order valence-electron chi connectivity index (χ0n) is 28.8. The Bertz CT molecular complexity index is 2230. The van der Waals surface area contributed by atoms with Crippen LogP contribution < -0.4 is 14.7 Å². The maximum Gasteiger partial charge on any atom is 0.210 e. The molecule has 0 amide bonds. The number of sulfone groups is 1. The Morgan fingerprint density at radius 1 is 0.420 bits per heavy atom. The van der Waals surface area contributed by atoms with Crippen LogP contribution in [0.2, 0.25) is 0 Å². The molecule has 8 heteroatoms. The smallest absolute Gasteiger partial charge is 0.210 e. The molecule has 3 aliphatic rings. The lowest BCUT2D eigenvalue weighted by molar-refractivity contribution is 0.594. The third kappa shape index (κ3) is 4.25. The van der Waals surface area contributed by atoms with Gasteiger partial charge < -0.3 is 14.7 Å². The highest BCUT2D eigenvalue weighted by Crippen LogP contribution is 2.69. The monoisotopic (exact) mass is 713 g/mol. The van der Waals surface area contributed by atoms with Gasteiger partial charge in [-0.25, -0.2) is 8.42 Å². The summed E-state index contributed by atoms with van der Waals surface area (Å²) >= 11 is 0. The maximum absolute atomic E-state index is 15.0. The van der Waals surface area contributed by atoms with Crippen molar-refractivity contribution in [1.29, 1.82) is 0 Å². The lowest BCUT2D eigenvalue weighted by Gasteiger charge is -2.45. The average Bonchev–Trinajstić information content (AvgIpc) is 3.13. The van der Waals surface area contributed by atoms with E-state index in [2.05, 4.69) is 156 Å². The van der Waals surface area contributed by atoms with Gasteiger partial charge in [0.1, 0.15) is 0 Å². The van der Waals surface area contributed by atoms with Crippen LogP contribution in [-0.4, -0.2) is 40.0 Å². The third-order valence-corrected chi connectivity index (χ3v) is 18.1. The van der Waals surface area contributed by atoms with Gasteiger partial charge in [-0.3, -0.25) is 0 Å². The summed E-state index contributed by atoms with van der Waals surface area (Å²) in [6.07, 6.45) is 9.37. The molecule has 0 saturated heterocycles. The van der Waals surface area contributed by atoms with Crippen molar-refractivity contribution in [2.75, 3.05) is 46.3 Å². The van der Waals surface area contributed by atoms with Crippen LogP contribution in [0.4, 0.5) is 45.5 Å². The van der Waals surface area contributed by atoms with Crippen molar-refractivity contribution >= 4 is 75.4 Å². The summed E-state index contributed by atoms with van der Waals surface area (Å²) in [5.41, 5.74) is 7.48. The van der Waals surface area contributed by atoms with Gasteiger partial charge in [-0.05, 0) is 117 Å². The number of hydrogen-bond acceptors (Lipinski definition) is 5. The van der Waals surface area contributed by atoms with Gasteiger partial charge in [-0.1, -0.05) is 48.5 Å². The van der Waals surface area contributed by atoms with Crippen LogP contribution >= 0.6 is 20.1 Å². The van der Waals surface area contributed by atoms with Gasteiger partial charge in [0.05, 0.1) is 43.9 Å². The van der Waals surface area contributed by atoms with Crippen molar-refractivity contribution in [1.82, 2.24) is 0 Å². The third-order valence-electron chi connectivity index (χ3n) is 10.5. The number of para-hydroxylation sites is 4. The fourth-order valence-electron chi connectivity index (χ4n) is 8.10. The molecule has 5 nitrogen and oxygen atoms in total. The highest BCUT2D eigenvalue weighted by atomic mass is 32.3. The first-order valence-corrected chi connectivity index (χ1v) is 23.2. The SMILES string of the molecule is CCN1c2ccc(N3c4ccccc4S(C)(C)c4ccccc43)cc2S(=O)(=O)c2cc(N3c4ccccc4S(C)(C)c4ccccc43)ccc21. The zero-order chi connectivity index (χ0) is 34.6. The Balaban J connectivity index is 1.22. The van der Waals surface area contributed by atoms with Crippen molar-refractivity contribution in [3.63, 3.8) is 0 Å². The molecule has 0 aliphatic carbocycles. The summed E-state index contributed by atoms with van der Waals surface area (Å²) in [6, 6.07) is 46.1. The molecule has 6 aromatic rings. The van der Waals surface area contributed by atoms with Gasteiger partial charge in [-0.15, -0.1) is 0 Å². The number of rotatable bonds is 3. The fraction of sp³-hybridized carbons (Fsp3) is 0.143. The molecule has 0 bridgehead atoms. The molecule has 0 radical (unpaired) electrons. The molecule has 0 atom stereocenters. The topological polar surface area (TPSA) is 43.9 Å². The van der Waals surface area contributed by atoms with E-state index in [0.29, 0.717) is 27.7 Å². The van der Waals surface area contributed by atoms with Gasteiger partial charge in [0.25, 0.3) is 0 Å². The maximum atomic E-state index is 15.0. The molecular weight excluding hydrogens is 675 g/mol. The highest BCUT2D eigenvalue weighted by molar-refractivity contribution is 8.33. The van der Waals surface area contributed by atoms with E-state index in [9.17, 15) is 8.42 Å². The molecular formula is C42H39N3O2S3. The molecule has 3 aliphatic heterocycles. The molecule has 0 unspecified atom stereocenters. The lowest BCUT2D eigenvalue weighted by atomic mass is 10.1. The van der Waals surface area contributed by atoms with Crippen LogP contribution in [0.5, 0.6) is 0 Å². The van der Waals surface area contributed by atoms with Gasteiger partial charge in [0.15, 0.2) is 0 Å². The normalized spacial score (nSPS) is 18.4. The minimum atomic E-state index is -3.91. The van der Waals surface area contributed by atoms with E-state index < -0.39 is 29.9 Å². The van der Waals surface area contributed by atoms with Crippen LogP contribution in [0.15, 0.2) is 163 Å². The summed E-state index contributed by atoms with van der Waals surface area (Å²) in [6.45, 7) is 2.71. The van der Waals surface area contributed by atoms with Crippen molar-refractivity contribution in [3.8, 4) is 0 Å². The quantitative estimate of drug-likeness (QED) is 0.183. The minimum absolute atomic E-state index is 0.332. The fourth-order valence-corrected chi connectivity index (χ4v) is 14.7. The Kier molecular flexibility index (Phi) is 6.86. The average molecular weight is 714 g/mol. The summed E-state index contributed by atoms with van der Waals surface area (Å²) in [4.78, 5) is 12.4. The molecule has 0 saturated carbocycles. The molecule has 0 spiro atoms. The molecule has 0 fully saturated rings. The van der Waals surface area contributed by atoms with Crippen LogP contribution in [0.1, 0.15) is 6.92 Å². The van der Waals surface area contributed by atoms with Crippen LogP contribution in [0.25, 0.3) is 0 Å². The van der Waals surface area contributed by atoms with E-state index in [1.165, 1.54) is 19.6 Å². The summed E-state index contributed by atoms with van der Waals surface area (Å²) < 4.78 is 29.9. The summed E-state index contributed by atoms with van der Waals surface area (Å²) in [5.74, 6) is 0. The minimum Gasteiger partial charge on any atom is -0.340 e. The van der Waals surface area contributed by atoms with E-state index in [4.69, 9.17) is 0 Å². The Morgan fingerprint density at radius 2 is 0.740 bits per heavy atom. The highest BCUT2D eigenvalue weighted by Gasteiger charge is 2.39. The van der Waals surface area contributed by atoms with Crippen LogP contribution in [0.3, 0.4) is 0 Å². The summed E-state index contributed by atoms with van der Waals surface area (Å²) in [7, 11) is -6.45. The largest absolute Gasteiger partial charge is 0.340 e. The summed E-state index contributed by atoms with van der Waals surface area (Å²) in [5, 5.41) is 0. The van der Waals surface area contributed by atoms with E-state index in [-0.39, 0.29) is 0 Å². The zero-order valence-corrected chi connectivity index (χ0v) is 31.2. The van der Waals surface area contributed by atoms with E-state index in [1.807, 2.05) is 24.3 Å². The molecule has 6 aromatic carbocycles. The van der Waals surface area contributed by atoms with Gasteiger partial charge in [-0.2, -0.15) is 20.1 Å². The van der Waals surface area contributed by atoms with Crippen LogP contribution in [-0.2, 0) is 9.84 Å². The Morgan fingerprint density at radius 3 is 1.06 bits per heavy atom. The molecule has 50 heavy (non-hydrogen) atoms. The van der Waals surface area contributed by atoms with Crippen molar-refractivity contribution in [3.05, 3.63) is 133 Å². The Hall–Kier alpha value is -4.63. The van der Waals surface area contributed by atoms with Crippen LogP contribution in [0, 0.1) is 0 Å². The van der Waals surface area contributed by atoms with Crippen molar-refractivity contribution in [2.24, 2.45) is 0 Å². The predicted octanol–water partition coefficient (Wildman–Crippen LogP) is 11.5. The first kappa shape index (κ1) is 31.4. The first-order chi connectivity index (χ1) is 24.0. The van der Waals surface area contributed by atoms with Gasteiger partial charge in [0, 0.05) is 37.5 Å². The second-order valence-corrected chi connectivity index (χ2v) is 22.7. The number of benzene rings is 6. The standard InChI is InChI=1S/C42H39N3O2S3/c1-6-43-31-25-23-29(44-33-15-7-11-19-37(33)48(2,3)38-20-12-8-16-34(38)44)27-41(31)50(46,47)42-28-30(24-26-32(42)43)45-35-17-9-13-21-39(35)49(4,5)40-22-14-10-18-36(40)45/h7-28H,6H2,1-5H3. The lowest BCUT2D eigenvalue weighted by Crippen LogP contribution is -2.27. The van der Waals surface area contributed by atoms with Gasteiger partial charge in [0.2, 0.25) is 9.84 Å². The molecule has 0 N–H and O–H groups in total. The second kappa shape index (κ2) is 10.9. The first-order valence-electron chi connectivity index (χ1n) is 16.8.